The zero-order chi connectivity index (χ0) is 13.7. The van der Waals surface area contributed by atoms with Gasteiger partial charge in [-0.05, 0) is 18.8 Å². The van der Waals surface area contributed by atoms with Crippen LogP contribution in [0.3, 0.4) is 0 Å². The van der Waals surface area contributed by atoms with Crippen molar-refractivity contribution in [1.82, 2.24) is 19.8 Å². The Balaban J connectivity index is 0.00000200. The molecule has 0 atom stereocenters. The number of aromatic nitrogens is 2. The molecule has 0 bridgehead atoms. The van der Waals surface area contributed by atoms with E-state index in [1.165, 1.54) is 6.42 Å². The van der Waals surface area contributed by atoms with Crippen molar-refractivity contribution < 1.29 is 0 Å². The number of nitrogens with one attached hydrogen (secondary N) is 1. The number of rotatable bonds is 4. The molecule has 2 heterocycles. The minimum absolute atomic E-state index is 0. The third kappa shape index (κ3) is 4.96. The smallest absolute Gasteiger partial charge is 0.193 e. The minimum atomic E-state index is 0. The molecule has 0 unspecified atom stereocenters. The van der Waals surface area contributed by atoms with Crippen molar-refractivity contribution in [3.05, 3.63) is 18.7 Å². The minimum Gasteiger partial charge on any atom is -0.357 e. The van der Waals surface area contributed by atoms with E-state index in [0.29, 0.717) is 5.41 Å². The van der Waals surface area contributed by atoms with Gasteiger partial charge in [-0.3, -0.25) is 4.99 Å². The summed E-state index contributed by atoms with van der Waals surface area (Å²) in [5.41, 5.74) is 0.403. The summed E-state index contributed by atoms with van der Waals surface area (Å²) in [7, 11) is 0. The molecule has 1 fully saturated rings. The van der Waals surface area contributed by atoms with Gasteiger partial charge in [0.1, 0.15) is 0 Å². The maximum Gasteiger partial charge on any atom is 0.193 e. The first kappa shape index (κ1) is 17.3. The molecule has 1 aromatic heterocycles. The topological polar surface area (TPSA) is 45.5 Å². The molecule has 20 heavy (non-hydrogen) atoms. The third-order valence-electron chi connectivity index (χ3n) is 3.49. The Labute approximate surface area is 138 Å². The van der Waals surface area contributed by atoms with Gasteiger partial charge in [0.05, 0.1) is 12.9 Å². The first-order valence-electron chi connectivity index (χ1n) is 7.10. The molecule has 1 aliphatic rings. The Morgan fingerprint density at radius 3 is 2.80 bits per heavy atom. The second-order valence-corrected chi connectivity index (χ2v) is 5.87. The van der Waals surface area contributed by atoms with Gasteiger partial charge in [-0.1, -0.05) is 13.8 Å². The summed E-state index contributed by atoms with van der Waals surface area (Å²) in [5, 5.41) is 3.39. The Kier molecular flexibility index (Phi) is 6.78. The standard InChI is InChI=1S/C14H25N5.HI/c1-4-16-13(19-8-5-14(2,3)11-19)17-7-10-18-9-6-15-12-18;/h6,9,12H,4-5,7-8,10-11H2,1-3H3,(H,16,17);1H. The van der Waals surface area contributed by atoms with Crippen LogP contribution >= 0.6 is 24.0 Å². The fraction of sp³-hybridized carbons (Fsp3) is 0.714. The van der Waals surface area contributed by atoms with Gasteiger partial charge in [0.25, 0.3) is 0 Å². The summed E-state index contributed by atoms with van der Waals surface area (Å²) in [5.74, 6) is 1.05. The third-order valence-corrected chi connectivity index (χ3v) is 3.49. The summed E-state index contributed by atoms with van der Waals surface area (Å²) in [6.07, 6.45) is 6.85. The zero-order valence-corrected chi connectivity index (χ0v) is 15.0. The molecule has 2 rings (SSSR count). The number of likely N-dealkylation sites (tertiary alicyclic amines) is 1. The van der Waals surface area contributed by atoms with Crippen LogP contribution in [-0.4, -0.2) is 46.6 Å². The van der Waals surface area contributed by atoms with Crippen molar-refractivity contribution in [2.45, 2.75) is 33.7 Å². The molecule has 1 aliphatic heterocycles. The average molecular weight is 391 g/mol. The Hall–Kier alpha value is -0.790. The predicted molar refractivity (Wildman–Crippen MR) is 93.6 cm³/mol. The van der Waals surface area contributed by atoms with Gasteiger partial charge in [0.15, 0.2) is 5.96 Å². The van der Waals surface area contributed by atoms with Gasteiger partial charge in [-0.2, -0.15) is 0 Å². The highest BCUT2D eigenvalue weighted by molar-refractivity contribution is 14.0. The van der Waals surface area contributed by atoms with E-state index in [4.69, 9.17) is 4.99 Å². The van der Waals surface area contributed by atoms with Crippen LogP contribution in [0.5, 0.6) is 0 Å². The summed E-state index contributed by atoms with van der Waals surface area (Å²) in [6, 6.07) is 0. The van der Waals surface area contributed by atoms with Gasteiger partial charge >= 0.3 is 0 Å². The number of hydrogen-bond donors (Lipinski definition) is 1. The monoisotopic (exact) mass is 391 g/mol. The average Bonchev–Trinajstić information content (AvgIpc) is 2.97. The van der Waals surface area contributed by atoms with Gasteiger partial charge in [-0.25, -0.2) is 4.98 Å². The van der Waals surface area contributed by atoms with E-state index in [0.717, 1.165) is 38.7 Å². The summed E-state index contributed by atoms with van der Waals surface area (Å²) in [6.45, 7) is 11.5. The van der Waals surface area contributed by atoms with E-state index in [-0.39, 0.29) is 24.0 Å². The highest BCUT2D eigenvalue weighted by Crippen LogP contribution is 2.28. The largest absolute Gasteiger partial charge is 0.357 e. The Bertz CT molecular complexity index is 413. The highest BCUT2D eigenvalue weighted by atomic mass is 127. The first-order chi connectivity index (χ1) is 9.11. The van der Waals surface area contributed by atoms with Crippen LogP contribution in [0.15, 0.2) is 23.7 Å². The molecule has 1 saturated heterocycles. The number of nitrogens with zero attached hydrogens (tertiary/aromatic N) is 4. The molecule has 0 aromatic carbocycles. The molecule has 0 aliphatic carbocycles. The van der Waals surface area contributed by atoms with Gasteiger partial charge in [0, 0.05) is 38.6 Å². The van der Waals surface area contributed by atoms with Crippen molar-refractivity contribution in [1.29, 1.82) is 0 Å². The van der Waals surface area contributed by atoms with Gasteiger partial charge < -0.3 is 14.8 Å². The second kappa shape index (κ2) is 7.85. The molecule has 0 amide bonds. The molecule has 0 spiro atoms. The number of aliphatic imine (C=N–C) groups is 1. The lowest BCUT2D eigenvalue weighted by Gasteiger charge is -2.23. The lowest BCUT2D eigenvalue weighted by molar-refractivity contribution is 0.370. The van der Waals surface area contributed by atoms with Crippen LogP contribution in [0.1, 0.15) is 27.2 Å². The van der Waals surface area contributed by atoms with Crippen molar-refractivity contribution in [2.75, 3.05) is 26.2 Å². The van der Waals surface area contributed by atoms with Crippen LogP contribution in [0.4, 0.5) is 0 Å². The SMILES string of the molecule is CCNC(=NCCn1ccnc1)N1CCC(C)(C)C1.I. The Morgan fingerprint density at radius 1 is 1.45 bits per heavy atom. The van der Waals surface area contributed by atoms with E-state index in [1.807, 2.05) is 12.5 Å². The maximum atomic E-state index is 4.72. The van der Waals surface area contributed by atoms with E-state index in [9.17, 15) is 0 Å². The van der Waals surface area contributed by atoms with E-state index in [1.54, 1.807) is 6.20 Å². The van der Waals surface area contributed by atoms with Crippen molar-refractivity contribution in [3.8, 4) is 0 Å². The van der Waals surface area contributed by atoms with Crippen LogP contribution < -0.4 is 5.32 Å². The van der Waals surface area contributed by atoms with Crippen molar-refractivity contribution in [3.63, 3.8) is 0 Å². The van der Waals surface area contributed by atoms with E-state index >= 15 is 0 Å². The fourth-order valence-electron chi connectivity index (χ4n) is 2.41. The number of hydrogen-bond acceptors (Lipinski definition) is 2. The predicted octanol–water partition coefficient (Wildman–Crippen LogP) is 2.20. The van der Waals surface area contributed by atoms with Crippen LogP contribution in [-0.2, 0) is 6.54 Å². The van der Waals surface area contributed by atoms with Crippen LogP contribution in [0, 0.1) is 5.41 Å². The van der Waals surface area contributed by atoms with Gasteiger partial charge in [0.2, 0.25) is 0 Å². The molecule has 0 saturated carbocycles. The number of halogens is 1. The van der Waals surface area contributed by atoms with Crippen molar-refractivity contribution >= 4 is 29.9 Å². The molecule has 5 nitrogen and oxygen atoms in total. The molecule has 1 aromatic rings. The number of guanidine groups is 1. The normalized spacial score (nSPS) is 17.9. The van der Waals surface area contributed by atoms with Crippen LogP contribution in [0.2, 0.25) is 0 Å². The van der Waals surface area contributed by atoms with Crippen LogP contribution in [0.25, 0.3) is 0 Å². The molecule has 1 N–H and O–H groups in total. The molecule has 6 heteroatoms. The van der Waals surface area contributed by atoms with E-state index in [2.05, 4.69) is 40.5 Å². The molecular formula is C14H26IN5. The van der Waals surface area contributed by atoms with E-state index < -0.39 is 0 Å². The quantitative estimate of drug-likeness (QED) is 0.486. The second-order valence-electron chi connectivity index (χ2n) is 5.87. The number of imidazole rings is 1. The summed E-state index contributed by atoms with van der Waals surface area (Å²) < 4.78 is 2.06. The Morgan fingerprint density at radius 2 is 2.25 bits per heavy atom. The highest BCUT2D eigenvalue weighted by Gasteiger charge is 2.30. The zero-order valence-electron chi connectivity index (χ0n) is 12.7. The summed E-state index contributed by atoms with van der Waals surface area (Å²) in [4.78, 5) is 11.1. The van der Waals surface area contributed by atoms with Gasteiger partial charge in [-0.15, -0.1) is 24.0 Å². The first-order valence-corrected chi connectivity index (χ1v) is 7.10. The lowest BCUT2D eigenvalue weighted by atomic mass is 9.93. The molecule has 114 valence electrons. The molecule has 0 radical (unpaired) electrons. The van der Waals surface area contributed by atoms with Crippen molar-refractivity contribution in [2.24, 2.45) is 10.4 Å². The summed E-state index contributed by atoms with van der Waals surface area (Å²) >= 11 is 0. The lowest BCUT2D eigenvalue weighted by Crippen LogP contribution is -2.41. The molecular weight excluding hydrogens is 365 g/mol. The fourth-order valence-corrected chi connectivity index (χ4v) is 2.41. The maximum absolute atomic E-state index is 4.72.